The van der Waals surface area contributed by atoms with Gasteiger partial charge < -0.3 is 23.7 Å². The SMILES string of the molecule is CN(C)c1ccc(CN(C[C@@H]2CCCO2)C(=O)c2ccc(COc3ccccc3)o2)cc1. The van der Waals surface area contributed by atoms with Crippen LogP contribution in [-0.2, 0) is 17.9 Å². The second-order valence-corrected chi connectivity index (χ2v) is 8.25. The molecule has 0 bridgehead atoms. The van der Waals surface area contributed by atoms with Crippen LogP contribution in [0.1, 0.15) is 34.7 Å². The van der Waals surface area contributed by atoms with E-state index in [0.29, 0.717) is 24.6 Å². The van der Waals surface area contributed by atoms with Gasteiger partial charge >= 0.3 is 0 Å². The topological polar surface area (TPSA) is 55.2 Å². The quantitative estimate of drug-likeness (QED) is 0.487. The maximum Gasteiger partial charge on any atom is 0.289 e. The van der Waals surface area contributed by atoms with E-state index in [1.807, 2.05) is 49.3 Å². The van der Waals surface area contributed by atoms with Gasteiger partial charge in [-0.2, -0.15) is 0 Å². The molecule has 0 spiro atoms. The first-order valence-electron chi connectivity index (χ1n) is 11.0. The van der Waals surface area contributed by atoms with E-state index in [9.17, 15) is 4.79 Å². The summed E-state index contributed by atoms with van der Waals surface area (Å²) in [5, 5.41) is 0. The summed E-state index contributed by atoms with van der Waals surface area (Å²) in [6.07, 6.45) is 2.07. The first-order chi connectivity index (χ1) is 15.6. The lowest BCUT2D eigenvalue weighted by atomic mass is 10.1. The van der Waals surface area contributed by atoms with E-state index in [4.69, 9.17) is 13.9 Å². The number of anilines is 1. The zero-order chi connectivity index (χ0) is 22.3. The molecule has 6 heteroatoms. The minimum absolute atomic E-state index is 0.0656. The van der Waals surface area contributed by atoms with Gasteiger partial charge in [-0.15, -0.1) is 0 Å². The van der Waals surface area contributed by atoms with Gasteiger partial charge in [-0.1, -0.05) is 30.3 Å². The van der Waals surface area contributed by atoms with Crippen LogP contribution in [0.3, 0.4) is 0 Å². The molecule has 2 aromatic carbocycles. The summed E-state index contributed by atoms with van der Waals surface area (Å²) >= 11 is 0. The van der Waals surface area contributed by atoms with Crippen molar-refractivity contribution in [2.24, 2.45) is 0 Å². The van der Waals surface area contributed by atoms with Gasteiger partial charge in [0, 0.05) is 39.5 Å². The van der Waals surface area contributed by atoms with E-state index in [1.165, 1.54) is 0 Å². The molecule has 0 N–H and O–H groups in total. The van der Waals surface area contributed by atoms with E-state index >= 15 is 0 Å². The van der Waals surface area contributed by atoms with Crippen LogP contribution in [0.5, 0.6) is 5.75 Å². The number of nitrogens with zero attached hydrogens (tertiary/aromatic N) is 2. The maximum atomic E-state index is 13.3. The molecule has 1 aliphatic heterocycles. The first kappa shape index (κ1) is 22.0. The van der Waals surface area contributed by atoms with Crippen molar-refractivity contribution in [3.63, 3.8) is 0 Å². The largest absolute Gasteiger partial charge is 0.486 e. The average Bonchev–Trinajstić information content (AvgIpc) is 3.50. The third-order valence-corrected chi connectivity index (χ3v) is 5.56. The van der Waals surface area contributed by atoms with Crippen molar-refractivity contribution in [2.75, 3.05) is 32.1 Å². The van der Waals surface area contributed by atoms with Crippen LogP contribution in [-0.4, -0.2) is 44.2 Å². The molecular weight excluding hydrogens is 404 g/mol. The minimum Gasteiger partial charge on any atom is -0.486 e. The molecule has 0 unspecified atom stereocenters. The second kappa shape index (κ2) is 10.4. The summed E-state index contributed by atoms with van der Waals surface area (Å²) in [6.45, 7) is 2.08. The first-order valence-corrected chi connectivity index (χ1v) is 11.0. The molecule has 2 heterocycles. The Kier molecular flexibility index (Phi) is 7.12. The van der Waals surface area contributed by atoms with E-state index in [0.717, 1.165) is 36.4 Å². The van der Waals surface area contributed by atoms with Crippen LogP contribution in [0.25, 0.3) is 0 Å². The Labute approximate surface area is 189 Å². The Morgan fingerprint density at radius 2 is 1.81 bits per heavy atom. The molecule has 1 aliphatic rings. The number of benzene rings is 2. The molecule has 0 aliphatic carbocycles. The molecule has 1 aromatic heterocycles. The van der Waals surface area contributed by atoms with Crippen LogP contribution in [0.15, 0.2) is 71.1 Å². The number of amides is 1. The molecule has 1 atom stereocenters. The van der Waals surface area contributed by atoms with Crippen molar-refractivity contribution in [2.45, 2.75) is 32.1 Å². The van der Waals surface area contributed by atoms with Crippen LogP contribution in [0.2, 0.25) is 0 Å². The number of carbonyl (C=O) groups is 1. The summed E-state index contributed by atoms with van der Waals surface area (Å²) in [7, 11) is 4.02. The predicted molar refractivity (Wildman–Crippen MR) is 124 cm³/mol. The van der Waals surface area contributed by atoms with E-state index < -0.39 is 0 Å². The number of furan rings is 1. The van der Waals surface area contributed by atoms with Crippen LogP contribution in [0.4, 0.5) is 5.69 Å². The minimum atomic E-state index is -0.136. The molecule has 3 aromatic rings. The van der Waals surface area contributed by atoms with Crippen molar-refractivity contribution in [3.8, 4) is 5.75 Å². The zero-order valence-electron chi connectivity index (χ0n) is 18.7. The van der Waals surface area contributed by atoms with Crippen molar-refractivity contribution >= 4 is 11.6 Å². The summed E-state index contributed by atoms with van der Waals surface area (Å²) in [4.78, 5) is 17.2. The average molecular weight is 435 g/mol. The standard InChI is InChI=1S/C26H30N2O4/c1-27(2)21-12-10-20(11-13-21)17-28(18-23-9-6-16-30-23)26(29)25-15-14-24(32-25)19-31-22-7-4-3-5-8-22/h3-5,7-8,10-15,23H,6,9,16-19H2,1-2H3/t23-/m0/s1. The van der Waals surface area contributed by atoms with Gasteiger partial charge in [0.05, 0.1) is 6.10 Å². The fraction of sp³-hybridized carbons (Fsp3) is 0.346. The van der Waals surface area contributed by atoms with Crippen LogP contribution >= 0.6 is 0 Å². The molecule has 1 saturated heterocycles. The van der Waals surface area contributed by atoms with Gasteiger partial charge in [-0.25, -0.2) is 0 Å². The maximum absolute atomic E-state index is 13.3. The Morgan fingerprint density at radius 3 is 2.50 bits per heavy atom. The van der Waals surface area contributed by atoms with E-state index in [2.05, 4.69) is 29.2 Å². The highest BCUT2D eigenvalue weighted by Crippen LogP contribution is 2.21. The fourth-order valence-electron chi connectivity index (χ4n) is 3.77. The molecule has 1 fully saturated rings. The molecule has 168 valence electrons. The third-order valence-electron chi connectivity index (χ3n) is 5.56. The smallest absolute Gasteiger partial charge is 0.289 e. The van der Waals surface area contributed by atoms with Gasteiger partial charge in [0.1, 0.15) is 18.1 Å². The molecule has 32 heavy (non-hydrogen) atoms. The van der Waals surface area contributed by atoms with Crippen LogP contribution in [0, 0.1) is 0 Å². The van der Waals surface area contributed by atoms with Gasteiger partial charge in [0.2, 0.25) is 0 Å². The highest BCUT2D eigenvalue weighted by molar-refractivity contribution is 5.91. The number of carbonyl (C=O) groups excluding carboxylic acids is 1. The highest BCUT2D eigenvalue weighted by Gasteiger charge is 2.25. The molecule has 0 radical (unpaired) electrons. The Morgan fingerprint density at radius 1 is 1.03 bits per heavy atom. The molecule has 1 amide bonds. The molecule has 0 saturated carbocycles. The summed E-state index contributed by atoms with van der Waals surface area (Å²) < 4.78 is 17.4. The van der Waals surface area contributed by atoms with E-state index in [-0.39, 0.29) is 18.6 Å². The third kappa shape index (κ3) is 5.71. The Hall–Kier alpha value is -3.25. The van der Waals surface area contributed by atoms with Gasteiger partial charge in [-0.3, -0.25) is 4.79 Å². The summed E-state index contributed by atoms with van der Waals surface area (Å²) in [6, 6.07) is 21.3. The number of hydrogen-bond acceptors (Lipinski definition) is 5. The Bertz CT molecular complexity index is 992. The molecule has 6 nitrogen and oxygen atoms in total. The number of para-hydroxylation sites is 1. The van der Waals surface area contributed by atoms with Crippen LogP contribution < -0.4 is 9.64 Å². The van der Waals surface area contributed by atoms with Gasteiger partial charge in [0.15, 0.2) is 5.76 Å². The molecular formula is C26H30N2O4. The molecule has 4 rings (SSSR count). The number of ether oxygens (including phenoxy) is 2. The lowest BCUT2D eigenvalue weighted by Crippen LogP contribution is -2.36. The highest BCUT2D eigenvalue weighted by atomic mass is 16.5. The van der Waals surface area contributed by atoms with Gasteiger partial charge in [0.25, 0.3) is 5.91 Å². The second-order valence-electron chi connectivity index (χ2n) is 8.25. The zero-order valence-corrected chi connectivity index (χ0v) is 18.7. The summed E-state index contributed by atoms with van der Waals surface area (Å²) in [5.74, 6) is 1.56. The summed E-state index contributed by atoms with van der Waals surface area (Å²) in [5.41, 5.74) is 2.20. The van der Waals surface area contributed by atoms with Crippen molar-refractivity contribution in [3.05, 3.63) is 83.8 Å². The Balaban J connectivity index is 1.45. The van der Waals surface area contributed by atoms with Crippen molar-refractivity contribution in [1.29, 1.82) is 0 Å². The van der Waals surface area contributed by atoms with E-state index in [1.54, 1.807) is 12.1 Å². The van der Waals surface area contributed by atoms with Crippen molar-refractivity contribution < 1.29 is 18.7 Å². The monoisotopic (exact) mass is 434 g/mol. The lowest BCUT2D eigenvalue weighted by molar-refractivity contribution is 0.0481. The number of hydrogen-bond donors (Lipinski definition) is 0. The van der Waals surface area contributed by atoms with Crippen molar-refractivity contribution in [1.82, 2.24) is 4.90 Å². The number of rotatable bonds is 9. The fourth-order valence-corrected chi connectivity index (χ4v) is 3.77. The lowest BCUT2D eigenvalue weighted by Gasteiger charge is -2.25. The normalized spacial score (nSPS) is 15.5. The predicted octanol–water partition coefficient (Wildman–Crippen LogP) is 4.75. The van der Waals surface area contributed by atoms with Gasteiger partial charge in [-0.05, 0) is 54.8 Å².